The summed E-state index contributed by atoms with van der Waals surface area (Å²) in [6.45, 7) is 3.04. The van der Waals surface area contributed by atoms with Crippen molar-refractivity contribution >= 4 is 5.91 Å². The van der Waals surface area contributed by atoms with Crippen LogP contribution in [0.15, 0.2) is 71.5 Å². The van der Waals surface area contributed by atoms with E-state index < -0.39 is 0 Å². The van der Waals surface area contributed by atoms with Crippen LogP contribution in [0.3, 0.4) is 0 Å². The molecule has 150 valence electrons. The van der Waals surface area contributed by atoms with Crippen molar-refractivity contribution in [3.05, 3.63) is 84.1 Å². The lowest BCUT2D eigenvalue weighted by atomic mass is 10.1. The van der Waals surface area contributed by atoms with Crippen LogP contribution in [0.25, 0.3) is 0 Å². The van der Waals surface area contributed by atoms with E-state index in [2.05, 4.69) is 4.98 Å². The fourth-order valence-electron chi connectivity index (χ4n) is 3.33. The maximum absolute atomic E-state index is 13.0. The van der Waals surface area contributed by atoms with Crippen molar-refractivity contribution < 1.29 is 18.7 Å². The van der Waals surface area contributed by atoms with Crippen LogP contribution in [0.1, 0.15) is 28.2 Å². The molecule has 6 nitrogen and oxygen atoms in total. The number of aromatic nitrogens is 1. The molecule has 0 spiro atoms. The number of benzene rings is 1. The summed E-state index contributed by atoms with van der Waals surface area (Å²) in [5.41, 5.74) is 1.81. The zero-order chi connectivity index (χ0) is 19.9. The van der Waals surface area contributed by atoms with Crippen molar-refractivity contribution in [3.63, 3.8) is 0 Å². The van der Waals surface area contributed by atoms with Gasteiger partial charge < -0.3 is 18.8 Å². The SMILES string of the molecule is O=C(c1ccco1)N(Cc1cccc(OC[C@H]2CCOC2)c1)Cc1ccccn1. The van der Waals surface area contributed by atoms with Gasteiger partial charge in [0.25, 0.3) is 5.91 Å². The molecule has 0 N–H and O–H groups in total. The number of hydrogen-bond donors (Lipinski definition) is 0. The Morgan fingerprint density at radius 1 is 1.14 bits per heavy atom. The molecule has 1 aromatic carbocycles. The standard InChI is InChI=1S/C23H24N2O4/c26-23(22-8-4-11-28-22)25(15-20-6-1-2-10-24-20)14-18-5-3-7-21(13-18)29-17-19-9-12-27-16-19/h1-8,10-11,13,19H,9,12,14-17H2/t19-/m0/s1. The van der Waals surface area contributed by atoms with E-state index in [4.69, 9.17) is 13.9 Å². The predicted octanol–water partition coefficient (Wildman–Crippen LogP) is 3.93. The first-order valence-electron chi connectivity index (χ1n) is 9.80. The highest BCUT2D eigenvalue weighted by molar-refractivity contribution is 5.91. The van der Waals surface area contributed by atoms with Crippen molar-refractivity contribution in [2.75, 3.05) is 19.8 Å². The van der Waals surface area contributed by atoms with Crippen molar-refractivity contribution in [2.45, 2.75) is 19.5 Å². The number of nitrogens with zero attached hydrogens (tertiary/aromatic N) is 2. The quantitative estimate of drug-likeness (QED) is 0.581. The molecule has 1 atom stereocenters. The number of pyridine rings is 1. The molecule has 4 rings (SSSR count). The summed E-state index contributed by atoms with van der Waals surface area (Å²) in [7, 11) is 0. The van der Waals surface area contributed by atoms with Crippen LogP contribution in [0.5, 0.6) is 5.75 Å². The van der Waals surface area contributed by atoms with Crippen molar-refractivity contribution in [3.8, 4) is 5.75 Å². The summed E-state index contributed by atoms with van der Waals surface area (Å²) in [4.78, 5) is 19.0. The molecule has 6 heteroatoms. The van der Waals surface area contributed by atoms with E-state index in [1.807, 2.05) is 42.5 Å². The fourth-order valence-corrected chi connectivity index (χ4v) is 3.33. The molecule has 0 bridgehead atoms. The third-order valence-corrected chi connectivity index (χ3v) is 4.88. The Hall–Kier alpha value is -3.12. The van der Waals surface area contributed by atoms with E-state index in [0.29, 0.717) is 31.4 Å². The van der Waals surface area contributed by atoms with Crippen molar-refractivity contribution in [1.29, 1.82) is 0 Å². The van der Waals surface area contributed by atoms with Gasteiger partial charge in [0, 0.05) is 25.3 Å². The van der Waals surface area contributed by atoms with E-state index in [1.54, 1.807) is 23.2 Å². The minimum Gasteiger partial charge on any atom is -0.493 e. The molecule has 29 heavy (non-hydrogen) atoms. The van der Waals surface area contributed by atoms with Gasteiger partial charge >= 0.3 is 0 Å². The van der Waals surface area contributed by atoms with Crippen LogP contribution in [-0.4, -0.2) is 35.6 Å². The lowest BCUT2D eigenvalue weighted by Gasteiger charge is -2.22. The highest BCUT2D eigenvalue weighted by Gasteiger charge is 2.20. The van der Waals surface area contributed by atoms with Crippen LogP contribution >= 0.6 is 0 Å². The van der Waals surface area contributed by atoms with Crippen molar-refractivity contribution in [2.24, 2.45) is 5.92 Å². The molecule has 3 heterocycles. The summed E-state index contributed by atoms with van der Waals surface area (Å²) in [5.74, 6) is 1.39. The Morgan fingerprint density at radius 3 is 2.86 bits per heavy atom. The predicted molar refractivity (Wildman–Crippen MR) is 107 cm³/mol. The third-order valence-electron chi connectivity index (χ3n) is 4.88. The number of rotatable bonds is 8. The van der Waals surface area contributed by atoms with E-state index >= 15 is 0 Å². The fraction of sp³-hybridized carbons (Fsp3) is 0.304. The van der Waals surface area contributed by atoms with E-state index in [9.17, 15) is 4.79 Å². The smallest absolute Gasteiger partial charge is 0.290 e. The second kappa shape index (κ2) is 9.39. The molecule has 0 unspecified atom stereocenters. The average molecular weight is 392 g/mol. The molecule has 1 aliphatic heterocycles. The van der Waals surface area contributed by atoms with Gasteiger partial charge in [-0.25, -0.2) is 0 Å². The molecule has 1 fully saturated rings. The molecule has 0 radical (unpaired) electrons. The van der Waals surface area contributed by atoms with Gasteiger partial charge in [0.1, 0.15) is 5.75 Å². The lowest BCUT2D eigenvalue weighted by molar-refractivity contribution is 0.0695. The number of carbonyl (C=O) groups is 1. The van der Waals surface area contributed by atoms with Crippen LogP contribution in [0, 0.1) is 5.92 Å². The topological polar surface area (TPSA) is 64.8 Å². The summed E-state index contributed by atoms with van der Waals surface area (Å²) in [5, 5.41) is 0. The first-order chi connectivity index (χ1) is 14.3. The molecule has 1 saturated heterocycles. The van der Waals surface area contributed by atoms with E-state index in [0.717, 1.165) is 36.6 Å². The van der Waals surface area contributed by atoms with Crippen LogP contribution in [-0.2, 0) is 17.8 Å². The monoisotopic (exact) mass is 392 g/mol. The normalized spacial score (nSPS) is 15.9. The highest BCUT2D eigenvalue weighted by Crippen LogP contribution is 2.20. The zero-order valence-corrected chi connectivity index (χ0v) is 16.2. The van der Waals surface area contributed by atoms with Gasteiger partial charge in [-0.15, -0.1) is 0 Å². The number of hydrogen-bond acceptors (Lipinski definition) is 5. The second-order valence-electron chi connectivity index (χ2n) is 7.15. The van der Waals surface area contributed by atoms with Gasteiger partial charge in [0.05, 0.1) is 31.7 Å². The number of furan rings is 1. The van der Waals surface area contributed by atoms with Gasteiger partial charge in [-0.3, -0.25) is 9.78 Å². The molecule has 3 aromatic rings. The molecule has 1 amide bonds. The Bertz CT molecular complexity index is 906. The van der Waals surface area contributed by atoms with E-state index in [1.165, 1.54) is 6.26 Å². The summed E-state index contributed by atoms with van der Waals surface area (Å²) in [6.07, 6.45) is 4.27. The number of carbonyl (C=O) groups excluding carboxylic acids is 1. The van der Waals surface area contributed by atoms with Gasteiger partial charge in [-0.1, -0.05) is 18.2 Å². The van der Waals surface area contributed by atoms with Gasteiger partial charge in [0.2, 0.25) is 0 Å². The minimum atomic E-state index is -0.171. The average Bonchev–Trinajstić information content (AvgIpc) is 3.47. The Labute approximate surface area is 170 Å². The van der Waals surface area contributed by atoms with Crippen LogP contribution in [0.2, 0.25) is 0 Å². The molecule has 0 aliphatic carbocycles. The summed E-state index contributed by atoms with van der Waals surface area (Å²) >= 11 is 0. The Kier molecular flexibility index (Phi) is 6.22. The maximum Gasteiger partial charge on any atom is 0.290 e. The highest BCUT2D eigenvalue weighted by atomic mass is 16.5. The first kappa shape index (κ1) is 19.2. The Balaban J connectivity index is 1.47. The number of ether oxygens (including phenoxy) is 2. The minimum absolute atomic E-state index is 0.171. The summed E-state index contributed by atoms with van der Waals surface area (Å²) in [6, 6.07) is 16.9. The van der Waals surface area contributed by atoms with Crippen LogP contribution < -0.4 is 4.74 Å². The molecular weight excluding hydrogens is 368 g/mol. The van der Waals surface area contributed by atoms with Gasteiger partial charge in [-0.05, 0) is 48.4 Å². The molecule has 1 aliphatic rings. The Morgan fingerprint density at radius 2 is 2.10 bits per heavy atom. The number of amides is 1. The first-order valence-corrected chi connectivity index (χ1v) is 9.80. The zero-order valence-electron chi connectivity index (χ0n) is 16.2. The largest absolute Gasteiger partial charge is 0.493 e. The molecule has 2 aromatic heterocycles. The molecule has 0 saturated carbocycles. The van der Waals surface area contributed by atoms with Crippen LogP contribution in [0.4, 0.5) is 0 Å². The van der Waals surface area contributed by atoms with E-state index in [-0.39, 0.29) is 5.91 Å². The third kappa shape index (κ3) is 5.23. The summed E-state index contributed by atoms with van der Waals surface area (Å²) < 4.78 is 16.7. The molecular formula is C23H24N2O4. The van der Waals surface area contributed by atoms with Crippen molar-refractivity contribution in [1.82, 2.24) is 9.88 Å². The second-order valence-corrected chi connectivity index (χ2v) is 7.15. The maximum atomic E-state index is 13.0. The lowest BCUT2D eigenvalue weighted by Crippen LogP contribution is -2.30. The van der Waals surface area contributed by atoms with Gasteiger partial charge in [-0.2, -0.15) is 0 Å². The van der Waals surface area contributed by atoms with Gasteiger partial charge in [0.15, 0.2) is 5.76 Å².